The molecule has 2 aliphatic heterocycles. The van der Waals surface area contributed by atoms with Gasteiger partial charge in [-0.25, -0.2) is 4.39 Å². The largest absolute Gasteiger partial charge is 0.387 e. The molecular formula is C25H30FN3O2. The van der Waals surface area contributed by atoms with Crippen molar-refractivity contribution in [2.75, 3.05) is 36.0 Å². The van der Waals surface area contributed by atoms with Crippen LogP contribution in [0, 0.1) is 5.82 Å². The van der Waals surface area contributed by atoms with E-state index in [0.717, 1.165) is 42.7 Å². The van der Waals surface area contributed by atoms with Gasteiger partial charge in [0.05, 0.1) is 6.10 Å². The van der Waals surface area contributed by atoms with Crippen LogP contribution in [0.4, 0.5) is 15.8 Å². The number of anilines is 2. The lowest BCUT2D eigenvalue weighted by Gasteiger charge is -2.34. The minimum absolute atomic E-state index is 0.117. The summed E-state index contributed by atoms with van der Waals surface area (Å²) in [5.41, 5.74) is 3.79. The molecule has 1 N–H and O–H groups in total. The summed E-state index contributed by atoms with van der Waals surface area (Å²) in [5.74, 6) is -0.174. The minimum atomic E-state index is -0.681. The number of rotatable bonds is 5. The Hall–Kier alpha value is -2.60. The summed E-state index contributed by atoms with van der Waals surface area (Å²) in [7, 11) is 0. The van der Waals surface area contributed by atoms with Gasteiger partial charge in [-0.15, -0.1) is 0 Å². The Morgan fingerprint density at radius 1 is 1.03 bits per heavy atom. The Balaban J connectivity index is 1.35. The quantitative estimate of drug-likeness (QED) is 0.793. The maximum absolute atomic E-state index is 14.0. The van der Waals surface area contributed by atoms with Crippen LogP contribution in [0.5, 0.6) is 0 Å². The van der Waals surface area contributed by atoms with Crippen LogP contribution in [0.2, 0.25) is 0 Å². The van der Waals surface area contributed by atoms with Crippen molar-refractivity contribution < 1.29 is 14.3 Å². The van der Waals surface area contributed by atoms with Crippen LogP contribution in [0.1, 0.15) is 49.3 Å². The van der Waals surface area contributed by atoms with Gasteiger partial charge < -0.3 is 19.8 Å². The van der Waals surface area contributed by atoms with E-state index >= 15 is 0 Å². The van der Waals surface area contributed by atoms with Crippen molar-refractivity contribution >= 4 is 17.3 Å². The normalized spacial score (nSPS) is 20.5. The van der Waals surface area contributed by atoms with Gasteiger partial charge >= 0.3 is 0 Å². The maximum Gasteiger partial charge on any atom is 0.224 e. The third kappa shape index (κ3) is 4.40. The van der Waals surface area contributed by atoms with Crippen molar-refractivity contribution in [3.8, 4) is 0 Å². The summed E-state index contributed by atoms with van der Waals surface area (Å²) in [4.78, 5) is 19.1. The summed E-state index contributed by atoms with van der Waals surface area (Å²) in [6.07, 6.45) is 4.26. The highest BCUT2D eigenvalue weighted by atomic mass is 19.1. The predicted octanol–water partition coefficient (Wildman–Crippen LogP) is 3.86. The summed E-state index contributed by atoms with van der Waals surface area (Å²) < 4.78 is 14.0. The second kappa shape index (κ2) is 8.50. The number of β-amino-alcohol motifs (C(OH)–C–C–N with tert-alkyl or cyclic N) is 1. The molecule has 5 rings (SSSR count). The summed E-state index contributed by atoms with van der Waals surface area (Å²) in [6, 6.07) is 13.2. The summed E-state index contributed by atoms with van der Waals surface area (Å²) in [5, 5.41) is 11.0. The van der Waals surface area contributed by atoms with Crippen LogP contribution in [0.15, 0.2) is 42.5 Å². The number of nitrogens with zero attached hydrogens (tertiary/aromatic N) is 3. The number of halogens is 1. The van der Waals surface area contributed by atoms with Gasteiger partial charge in [0.2, 0.25) is 5.91 Å². The molecule has 5 nitrogen and oxygen atoms in total. The zero-order chi connectivity index (χ0) is 21.4. The molecular weight excluding hydrogens is 393 g/mol. The zero-order valence-corrected chi connectivity index (χ0v) is 17.8. The number of fused-ring (bicyclic) bond motifs is 1. The number of carbonyl (C=O) groups is 1. The molecule has 2 heterocycles. The van der Waals surface area contributed by atoms with E-state index in [9.17, 15) is 14.3 Å². The molecule has 2 aromatic carbocycles. The van der Waals surface area contributed by atoms with Crippen molar-refractivity contribution in [3.05, 3.63) is 59.4 Å². The lowest BCUT2D eigenvalue weighted by atomic mass is 10.0. The Morgan fingerprint density at radius 2 is 1.77 bits per heavy atom. The average molecular weight is 424 g/mol. The summed E-state index contributed by atoms with van der Waals surface area (Å²) in [6.45, 7) is 3.51. The highest BCUT2D eigenvalue weighted by Gasteiger charge is 2.34. The first-order chi connectivity index (χ1) is 15.1. The van der Waals surface area contributed by atoms with E-state index in [2.05, 4.69) is 17.0 Å². The van der Waals surface area contributed by atoms with Gasteiger partial charge in [0.25, 0.3) is 0 Å². The van der Waals surface area contributed by atoms with E-state index < -0.39 is 6.10 Å². The molecule has 1 saturated heterocycles. The number of aliphatic hydroxyl groups is 1. The fourth-order valence-electron chi connectivity index (χ4n) is 4.86. The van der Waals surface area contributed by atoms with Gasteiger partial charge in [-0.1, -0.05) is 12.1 Å². The zero-order valence-electron chi connectivity index (χ0n) is 17.8. The van der Waals surface area contributed by atoms with Crippen LogP contribution in [-0.2, 0) is 11.3 Å². The van der Waals surface area contributed by atoms with E-state index in [1.807, 2.05) is 21.9 Å². The molecule has 2 aromatic rings. The van der Waals surface area contributed by atoms with Crippen LogP contribution in [0.3, 0.4) is 0 Å². The van der Waals surface area contributed by atoms with E-state index in [0.29, 0.717) is 32.1 Å². The molecule has 0 radical (unpaired) electrons. The van der Waals surface area contributed by atoms with E-state index in [1.165, 1.54) is 30.7 Å². The number of carbonyl (C=O) groups excluding carboxylic acids is 1. The number of amides is 1. The van der Waals surface area contributed by atoms with Crippen molar-refractivity contribution in [2.24, 2.45) is 0 Å². The van der Waals surface area contributed by atoms with E-state index in [4.69, 9.17) is 0 Å². The lowest BCUT2D eigenvalue weighted by Crippen LogP contribution is -2.40. The molecule has 2 fully saturated rings. The van der Waals surface area contributed by atoms with Gasteiger partial charge in [0, 0.05) is 56.6 Å². The first kappa shape index (κ1) is 20.3. The Bertz CT molecular complexity index is 938. The van der Waals surface area contributed by atoms with Gasteiger partial charge in [-0.05, 0) is 67.1 Å². The SMILES string of the molecule is O=C1CCN(CC(O)c2ccc(N3CCCC3)cc2)c2ccc(F)cc2CN1C1CC1. The van der Waals surface area contributed by atoms with Crippen LogP contribution < -0.4 is 9.80 Å². The highest BCUT2D eigenvalue weighted by Crippen LogP contribution is 2.34. The highest BCUT2D eigenvalue weighted by molar-refractivity contribution is 5.78. The van der Waals surface area contributed by atoms with Crippen molar-refractivity contribution in [1.82, 2.24) is 4.90 Å². The van der Waals surface area contributed by atoms with Crippen molar-refractivity contribution in [1.29, 1.82) is 0 Å². The lowest BCUT2D eigenvalue weighted by molar-refractivity contribution is -0.132. The predicted molar refractivity (Wildman–Crippen MR) is 120 cm³/mol. The number of hydrogen-bond donors (Lipinski definition) is 1. The second-order valence-electron chi connectivity index (χ2n) is 9.02. The topological polar surface area (TPSA) is 47.0 Å². The monoisotopic (exact) mass is 423 g/mol. The van der Waals surface area contributed by atoms with E-state index in [1.54, 1.807) is 6.07 Å². The minimum Gasteiger partial charge on any atom is -0.387 e. The third-order valence-corrected chi connectivity index (χ3v) is 6.77. The van der Waals surface area contributed by atoms with Crippen LogP contribution in [-0.4, -0.2) is 48.1 Å². The Kier molecular flexibility index (Phi) is 5.57. The molecule has 0 spiro atoms. The molecule has 1 atom stereocenters. The molecule has 164 valence electrons. The molecule has 3 aliphatic rings. The third-order valence-electron chi connectivity index (χ3n) is 6.77. The maximum atomic E-state index is 14.0. The van der Waals surface area contributed by atoms with Gasteiger partial charge in [0.15, 0.2) is 0 Å². The van der Waals surface area contributed by atoms with Crippen LogP contribution >= 0.6 is 0 Å². The van der Waals surface area contributed by atoms with Crippen molar-refractivity contribution in [2.45, 2.75) is 50.8 Å². The summed E-state index contributed by atoms with van der Waals surface area (Å²) >= 11 is 0. The smallest absolute Gasteiger partial charge is 0.224 e. The molecule has 0 bridgehead atoms. The number of hydrogen-bond acceptors (Lipinski definition) is 4. The second-order valence-corrected chi connectivity index (χ2v) is 9.02. The Morgan fingerprint density at radius 3 is 2.48 bits per heavy atom. The molecule has 1 amide bonds. The van der Waals surface area contributed by atoms with E-state index in [-0.39, 0.29) is 11.7 Å². The molecule has 1 saturated carbocycles. The number of benzene rings is 2. The van der Waals surface area contributed by atoms with Crippen molar-refractivity contribution in [3.63, 3.8) is 0 Å². The van der Waals surface area contributed by atoms with Gasteiger partial charge in [0.1, 0.15) is 5.82 Å². The average Bonchev–Trinajstić information content (AvgIpc) is 3.46. The molecule has 1 aliphatic carbocycles. The van der Waals surface area contributed by atoms with Gasteiger partial charge in [-0.3, -0.25) is 4.79 Å². The first-order valence-corrected chi connectivity index (χ1v) is 11.4. The Labute approximate surface area is 183 Å². The standard InChI is InChI=1S/C25H30FN3O2/c26-20-5-10-23-19(15-20)16-29(22-8-9-22)25(31)11-14-28(23)17-24(30)18-3-6-21(7-4-18)27-12-1-2-13-27/h3-7,10,15,22,24,30H,1-2,8-9,11-14,16-17H2. The fraction of sp³-hybridized carbons (Fsp3) is 0.480. The molecule has 31 heavy (non-hydrogen) atoms. The first-order valence-electron chi connectivity index (χ1n) is 11.4. The number of aliphatic hydroxyl groups excluding tert-OH is 1. The van der Waals surface area contributed by atoms with Crippen LogP contribution in [0.25, 0.3) is 0 Å². The molecule has 1 unspecified atom stereocenters. The molecule has 0 aromatic heterocycles. The fourth-order valence-corrected chi connectivity index (χ4v) is 4.86. The van der Waals surface area contributed by atoms with Gasteiger partial charge in [-0.2, -0.15) is 0 Å². The molecule has 6 heteroatoms.